The van der Waals surface area contributed by atoms with E-state index in [1.165, 1.54) is 29.2 Å². The lowest BCUT2D eigenvalue weighted by Gasteiger charge is -2.28. The number of halogens is 1. The number of likely N-dealkylation sites (N-methyl/N-ethyl adjacent to an activating group) is 1. The molecular formula is C19H19FN2O3. The summed E-state index contributed by atoms with van der Waals surface area (Å²) in [7, 11) is 1.59. The van der Waals surface area contributed by atoms with E-state index < -0.39 is 0 Å². The molecule has 0 fully saturated rings. The van der Waals surface area contributed by atoms with Crippen molar-refractivity contribution in [3.8, 4) is 5.75 Å². The van der Waals surface area contributed by atoms with Crippen LogP contribution in [0.25, 0.3) is 0 Å². The number of fused-ring (bicyclic) bond motifs is 1. The van der Waals surface area contributed by atoms with Gasteiger partial charge in [0.25, 0.3) is 0 Å². The highest BCUT2D eigenvalue weighted by Crippen LogP contribution is 2.27. The van der Waals surface area contributed by atoms with Crippen LogP contribution in [0.5, 0.6) is 5.75 Å². The molecule has 25 heavy (non-hydrogen) atoms. The van der Waals surface area contributed by atoms with Gasteiger partial charge in [-0.1, -0.05) is 18.2 Å². The van der Waals surface area contributed by atoms with E-state index in [1.54, 1.807) is 7.05 Å². The standard InChI is InChI=1S/C19H19FN2O3/c1-22(11-18(23)21-16-8-6-15(20)7-9-16)19(24)14-10-13-4-2-3-5-17(13)25-12-14/h2-9,14H,10-12H2,1H3,(H,21,23). The predicted molar refractivity (Wildman–Crippen MR) is 91.8 cm³/mol. The maximum absolute atomic E-state index is 12.9. The molecular weight excluding hydrogens is 323 g/mol. The minimum Gasteiger partial charge on any atom is -0.492 e. The molecule has 2 aromatic rings. The average molecular weight is 342 g/mol. The molecule has 0 saturated heterocycles. The van der Waals surface area contributed by atoms with Crippen LogP contribution in [-0.2, 0) is 16.0 Å². The van der Waals surface area contributed by atoms with Crippen molar-refractivity contribution >= 4 is 17.5 Å². The van der Waals surface area contributed by atoms with Crippen LogP contribution in [0.3, 0.4) is 0 Å². The summed E-state index contributed by atoms with van der Waals surface area (Å²) in [5.41, 5.74) is 1.48. The number of hydrogen-bond acceptors (Lipinski definition) is 3. The molecule has 1 unspecified atom stereocenters. The Morgan fingerprint density at radius 2 is 1.92 bits per heavy atom. The van der Waals surface area contributed by atoms with Crippen LogP contribution >= 0.6 is 0 Å². The first-order valence-corrected chi connectivity index (χ1v) is 8.04. The van der Waals surface area contributed by atoms with Gasteiger partial charge < -0.3 is 15.0 Å². The molecule has 3 rings (SSSR count). The van der Waals surface area contributed by atoms with Gasteiger partial charge in [0.1, 0.15) is 18.2 Å². The molecule has 1 atom stereocenters. The summed E-state index contributed by atoms with van der Waals surface area (Å²) in [6.45, 7) is 0.230. The molecule has 0 radical (unpaired) electrons. The van der Waals surface area contributed by atoms with Crippen molar-refractivity contribution in [1.82, 2.24) is 4.90 Å². The third-order valence-electron chi connectivity index (χ3n) is 4.11. The molecule has 1 N–H and O–H groups in total. The maximum Gasteiger partial charge on any atom is 0.243 e. The van der Waals surface area contributed by atoms with Crippen molar-refractivity contribution in [2.45, 2.75) is 6.42 Å². The van der Waals surface area contributed by atoms with Crippen LogP contribution in [0.2, 0.25) is 0 Å². The Labute approximate surface area is 145 Å². The number of rotatable bonds is 4. The van der Waals surface area contributed by atoms with Crippen molar-refractivity contribution in [2.24, 2.45) is 5.92 Å². The number of amides is 2. The first kappa shape index (κ1) is 17.0. The molecule has 1 aliphatic heterocycles. The molecule has 0 aromatic heterocycles. The monoisotopic (exact) mass is 342 g/mol. The molecule has 5 nitrogen and oxygen atoms in total. The Morgan fingerprint density at radius 3 is 2.68 bits per heavy atom. The molecule has 130 valence electrons. The van der Waals surface area contributed by atoms with E-state index in [4.69, 9.17) is 4.74 Å². The second-order valence-corrected chi connectivity index (χ2v) is 6.07. The maximum atomic E-state index is 12.9. The predicted octanol–water partition coefficient (Wildman–Crippen LogP) is 2.47. The Bertz CT molecular complexity index is 776. The summed E-state index contributed by atoms with van der Waals surface area (Å²) in [4.78, 5) is 26.0. The fourth-order valence-electron chi connectivity index (χ4n) is 2.83. The molecule has 0 saturated carbocycles. The van der Waals surface area contributed by atoms with E-state index in [2.05, 4.69) is 5.32 Å². The average Bonchev–Trinajstić information content (AvgIpc) is 2.62. The number of carbonyl (C=O) groups excluding carboxylic acids is 2. The van der Waals surface area contributed by atoms with Crippen LogP contribution in [0.4, 0.5) is 10.1 Å². The second-order valence-electron chi connectivity index (χ2n) is 6.07. The van der Waals surface area contributed by atoms with Gasteiger partial charge in [-0.05, 0) is 42.3 Å². The topological polar surface area (TPSA) is 58.6 Å². The third kappa shape index (κ3) is 4.15. The van der Waals surface area contributed by atoms with E-state index in [0.29, 0.717) is 18.7 Å². The highest BCUT2D eigenvalue weighted by Gasteiger charge is 2.28. The first-order valence-electron chi connectivity index (χ1n) is 8.04. The van der Waals surface area contributed by atoms with Crippen LogP contribution in [0.15, 0.2) is 48.5 Å². The van der Waals surface area contributed by atoms with Crippen LogP contribution in [0.1, 0.15) is 5.56 Å². The largest absolute Gasteiger partial charge is 0.492 e. The molecule has 6 heteroatoms. The number of para-hydroxylation sites is 1. The fourth-order valence-corrected chi connectivity index (χ4v) is 2.83. The zero-order chi connectivity index (χ0) is 17.8. The lowest BCUT2D eigenvalue weighted by molar-refractivity contribution is -0.138. The highest BCUT2D eigenvalue weighted by molar-refractivity contribution is 5.94. The van der Waals surface area contributed by atoms with Crippen LogP contribution in [-0.4, -0.2) is 36.9 Å². The minimum atomic E-state index is -0.372. The summed E-state index contributed by atoms with van der Waals surface area (Å²) >= 11 is 0. The van der Waals surface area contributed by atoms with Gasteiger partial charge in [0.15, 0.2) is 0 Å². The normalized spacial score (nSPS) is 15.7. The second kappa shape index (κ2) is 7.34. The van der Waals surface area contributed by atoms with E-state index in [0.717, 1.165) is 11.3 Å². The number of hydrogen-bond donors (Lipinski definition) is 1. The van der Waals surface area contributed by atoms with E-state index in [9.17, 15) is 14.0 Å². The van der Waals surface area contributed by atoms with Gasteiger partial charge in [-0.2, -0.15) is 0 Å². The Hall–Kier alpha value is -2.89. The van der Waals surface area contributed by atoms with Gasteiger partial charge in [-0.15, -0.1) is 0 Å². The molecule has 2 aromatic carbocycles. The van der Waals surface area contributed by atoms with Gasteiger partial charge in [0.05, 0.1) is 12.5 Å². The number of benzene rings is 2. The first-order chi connectivity index (χ1) is 12.0. The number of ether oxygens (including phenoxy) is 1. The lowest BCUT2D eigenvalue weighted by atomic mass is 9.95. The van der Waals surface area contributed by atoms with E-state index in [-0.39, 0.29) is 30.1 Å². The van der Waals surface area contributed by atoms with Crippen molar-refractivity contribution < 1.29 is 18.7 Å². The molecule has 1 aliphatic rings. The van der Waals surface area contributed by atoms with E-state index in [1.807, 2.05) is 24.3 Å². The number of nitrogens with zero attached hydrogens (tertiary/aromatic N) is 1. The fraction of sp³-hybridized carbons (Fsp3) is 0.263. The Kier molecular flexibility index (Phi) is 4.97. The lowest BCUT2D eigenvalue weighted by Crippen LogP contribution is -2.42. The zero-order valence-electron chi connectivity index (χ0n) is 13.9. The Balaban J connectivity index is 1.56. The minimum absolute atomic E-state index is 0.0750. The number of nitrogens with one attached hydrogen (secondary N) is 1. The summed E-state index contributed by atoms with van der Waals surface area (Å²) in [5, 5.41) is 2.64. The SMILES string of the molecule is CN(CC(=O)Nc1ccc(F)cc1)C(=O)C1COc2ccccc2C1. The number of anilines is 1. The highest BCUT2D eigenvalue weighted by atomic mass is 19.1. The van der Waals surface area contributed by atoms with Gasteiger partial charge in [-0.25, -0.2) is 4.39 Å². The number of carbonyl (C=O) groups is 2. The van der Waals surface area contributed by atoms with Crippen molar-refractivity contribution in [3.05, 3.63) is 59.9 Å². The summed E-state index contributed by atoms with van der Waals surface area (Å²) in [6, 6.07) is 13.1. The molecule has 0 spiro atoms. The molecule has 1 heterocycles. The Morgan fingerprint density at radius 1 is 1.20 bits per heavy atom. The molecule has 0 aliphatic carbocycles. The van der Waals surface area contributed by atoms with Crippen molar-refractivity contribution in [1.29, 1.82) is 0 Å². The zero-order valence-corrected chi connectivity index (χ0v) is 13.9. The third-order valence-corrected chi connectivity index (χ3v) is 4.11. The summed E-state index contributed by atoms with van der Waals surface area (Å²) in [5.74, 6) is -0.340. The summed E-state index contributed by atoms with van der Waals surface area (Å²) in [6.07, 6.45) is 0.596. The van der Waals surface area contributed by atoms with Gasteiger partial charge in [0, 0.05) is 12.7 Å². The summed E-state index contributed by atoms with van der Waals surface area (Å²) < 4.78 is 18.5. The van der Waals surface area contributed by atoms with Gasteiger partial charge in [0.2, 0.25) is 11.8 Å². The smallest absolute Gasteiger partial charge is 0.243 e. The van der Waals surface area contributed by atoms with Crippen molar-refractivity contribution in [2.75, 3.05) is 25.5 Å². The van der Waals surface area contributed by atoms with E-state index >= 15 is 0 Å². The van der Waals surface area contributed by atoms with Crippen LogP contribution < -0.4 is 10.1 Å². The molecule has 0 bridgehead atoms. The molecule has 2 amide bonds. The van der Waals surface area contributed by atoms with Gasteiger partial charge >= 0.3 is 0 Å². The van der Waals surface area contributed by atoms with Gasteiger partial charge in [-0.3, -0.25) is 9.59 Å². The van der Waals surface area contributed by atoms with Crippen molar-refractivity contribution in [3.63, 3.8) is 0 Å². The van der Waals surface area contributed by atoms with Crippen LogP contribution in [0, 0.1) is 11.7 Å². The quantitative estimate of drug-likeness (QED) is 0.929.